The average molecular weight is 235 g/mol. The summed E-state index contributed by atoms with van der Waals surface area (Å²) in [5.74, 6) is 0.498. The van der Waals surface area contributed by atoms with Gasteiger partial charge in [0.15, 0.2) is 11.5 Å². The number of nitrogens with one attached hydrogen (secondary N) is 1. The van der Waals surface area contributed by atoms with E-state index < -0.39 is 5.97 Å². The zero-order valence-corrected chi connectivity index (χ0v) is 9.40. The lowest BCUT2D eigenvalue weighted by atomic mass is 10.2. The smallest absolute Gasteiger partial charge is 0.328 e. The molecule has 1 aliphatic heterocycles. The molecule has 0 radical (unpaired) electrons. The molecular formula is C12H13NO4. The summed E-state index contributed by atoms with van der Waals surface area (Å²) < 4.78 is 10.4. The summed E-state index contributed by atoms with van der Waals surface area (Å²) in [5, 5.41) is 11.7. The first kappa shape index (κ1) is 11.3. The number of benzene rings is 1. The van der Waals surface area contributed by atoms with Crippen LogP contribution < -0.4 is 14.8 Å². The van der Waals surface area contributed by atoms with E-state index in [0.717, 1.165) is 17.0 Å². The number of hydrogen-bond donors (Lipinski definition) is 2. The van der Waals surface area contributed by atoms with Crippen molar-refractivity contribution in [2.45, 2.75) is 6.92 Å². The van der Waals surface area contributed by atoms with Crippen molar-refractivity contribution >= 4 is 11.7 Å². The van der Waals surface area contributed by atoms with Crippen LogP contribution in [0.15, 0.2) is 29.8 Å². The van der Waals surface area contributed by atoms with E-state index in [1.807, 2.05) is 18.2 Å². The molecule has 2 N–H and O–H groups in total. The van der Waals surface area contributed by atoms with Crippen LogP contribution in [0.4, 0.5) is 5.69 Å². The van der Waals surface area contributed by atoms with Gasteiger partial charge >= 0.3 is 5.97 Å². The number of carboxylic acids is 1. The lowest BCUT2D eigenvalue weighted by Crippen LogP contribution is -2.04. The number of fused-ring (bicyclic) bond motifs is 1. The van der Waals surface area contributed by atoms with Crippen molar-refractivity contribution in [3.63, 3.8) is 0 Å². The molecule has 90 valence electrons. The van der Waals surface area contributed by atoms with Crippen LogP contribution in [-0.2, 0) is 4.79 Å². The molecule has 1 aliphatic rings. The lowest BCUT2D eigenvalue weighted by molar-refractivity contribution is -0.131. The van der Waals surface area contributed by atoms with Gasteiger partial charge in [-0.15, -0.1) is 0 Å². The van der Waals surface area contributed by atoms with Crippen molar-refractivity contribution in [3.8, 4) is 11.5 Å². The summed E-state index contributed by atoms with van der Waals surface area (Å²) in [7, 11) is 0. The molecule has 0 fully saturated rings. The van der Waals surface area contributed by atoms with Gasteiger partial charge in [0.25, 0.3) is 0 Å². The third-order valence-electron chi connectivity index (χ3n) is 2.31. The molecule has 2 rings (SSSR count). The van der Waals surface area contributed by atoms with E-state index in [9.17, 15) is 4.79 Å². The molecule has 0 saturated carbocycles. The Morgan fingerprint density at radius 1 is 1.47 bits per heavy atom. The second-order valence-corrected chi connectivity index (χ2v) is 3.75. The average Bonchev–Trinajstić information content (AvgIpc) is 2.72. The molecule has 5 nitrogen and oxygen atoms in total. The number of hydrogen-bond acceptors (Lipinski definition) is 4. The van der Waals surface area contributed by atoms with Crippen LogP contribution in [0.1, 0.15) is 6.92 Å². The van der Waals surface area contributed by atoms with Gasteiger partial charge in [0, 0.05) is 24.4 Å². The molecule has 17 heavy (non-hydrogen) atoms. The predicted octanol–water partition coefficient (Wildman–Crippen LogP) is 1.86. The third-order valence-corrected chi connectivity index (χ3v) is 2.31. The van der Waals surface area contributed by atoms with Gasteiger partial charge in [0.1, 0.15) is 0 Å². The van der Waals surface area contributed by atoms with Crippen molar-refractivity contribution in [1.29, 1.82) is 0 Å². The van der Waals surface area contributed by atoms with E-state index in [1.165, 1.54) is 6.08 Å². The Bertz CT molecular complexity index is 468. The molecule has 5 heteroatoms. The Hall–Kier alpha value is -2.17. The van der Waals surface area contributed by atoms with Crippen LogP contribution in [0, 0.1) is 0 Å². The first-order chi connectivity index (χ1) is 8.15. The zero-order chi connectivity index (χ0) is 12.3. The van der Waals surface area contributed by atoms with Crippen LogP contribution in [0.3, 0.4) is 0 Å². The molecule has 0 spiro atoms. The highest BCUT2D eigenvalue weighted by Gasteiger charge is 2.12. The van der Waals surface area contributed by atoms with Gasteiger partial charge in [0.05, 0.1) is 0 Å². The molecule has 1 aromatic carbocycles. The highest BCUT2D eigenvalue weighted by atomic mass is 16.7. The van der Waals surface area contributed by atoms with E-state index in [4.69, 9.17) is 14.6 Å². The third kappa shape index (κ3) is 2.90. The maximum atomic E-state index is 10.4. The molecule has 0 aromatic heterocycles. The number of anilines is 1. The summed E-state index contributed by atoms with van der Waals surface area (Å²) in [6.45, 7) is 2.48. The lowest BCUT2D eigenvalue weighted by Gasteiger charge is -2.07. The Kier molecular flexibility index (Phi) is 3.18. The maximum absolute atomic E-state index is 10.4. The minimum absolute atomic E-state index is 0.247. The van der Waals surface area contributed by atoms with Gasteiger partial charge < -0.3 is 19.9 Å². The van der Waals surface area contributed by atoms with Crippen LogP contribution >= 0.6 is 0 Å². The topological polar surface area (TPSA) is 67.8 Å². The fraction of sp³-hybridized carbons (Fsp3) is 0.250. The molecule has 0 unspecified atom stereocenters. The Labute approximate surface area is 98.7 Å². The van der Waals surface area contributed by atoms with E-state index in [0.29, 0.717) is 12.3 Å². The highest BCUT2D eigenvalue weighted by Crippen LogP contribution is 2.34. The summed E-state index contributed by atoms with van der Waals surface area (Å²) in [5.41, 5.74) is 1.61. The van der Waals surface area contributed by atoms with Crippen molar-refractivity contribution < 1.29 is 19.4 Å². The molecule has 0 aliphatic carbocycles. The van der Waals surface area contributed by atoms with Crippen molar-refractivity contribution in [1.82, 2.24) is 0 Å². The highest BCUT2D eigenvalue weighted by molar-refractivity contribution is 5.80. The number of carbonyl (C=O) groups is 1. The number of carboxylic acid groups (broad SMARTS) is 1. The number of ether oxygens (including phenoxy) is 2. The summed E-state index contributed by atoms with van der Waals surface area (Å²) >= 11 is 0. The maximum Gasteiger partial charge on any atom is 0.328 e. The van der Waals surface area contributed by atoms with Gasteiger partial charge in [-0.2, -0.15) is 0 Å². The quantitative estimate of drug-likeness (QED) is 0.779. The molecule has 0 saturated heterocycles. The zero-order valence-electron chi connectivity index (χ0n) is 9.40. The van der Waals surface area contributed by atoms with Crippen LogP contribution in [0.5, 0.6) is 11.5 Å². The second kappa shape index (κ2) is 4.78. The van der Waals surface area contributed by atoms with E-state index in [1.54, 1.807) is 6.92 Å². The molecular weight excluding hydrogens is 222 g/mol. The fourth-order valence-electron chi connectivity index (χ4n) is 1.51. The predicted molar refractivity (Wildman–Crippen MR) is 62.4 cm³/mol. The van der Waals surface area contributed by atoms with Gasteiger partial charge in [0.2, 0.25) is 6.79 Å². The minimum Gasteiger partial charge on any atom is -0.478 e. The van der Waals surface area contributed by atoms with Crippen LogP contribution in [-0.4, -0.2) is 24.4 Å². The first-order valence-electron chi connectivity index (χ1n) is 5.19. The van der Waals surface area contributed by atoms with Gasteiger partial charge in [-0.25, -0.2) is 4.79 Å². The van der Waals surface area contributed by atoms with E-state index in [-0.39, 0.29) is 6.79 Å². The molecule has 0 amide bonds. The van der Waals surface area contributed by atoms with Gasteiger partial charge in [-0.05, 0) is 24.6 Å². The Balaban J connectivity index is 1.98. The summed E-state index contributed by atoms with van der Waals surface area (Å²) in [4.78, 5) is 10.4. The van der Waals surface area contributed by atoms with Crippen LogP contribution in [0.25, 0.3) is 0 Å². The standard InChI is InChI=1S/C12H13NO4/c1-8(4-12(14)15)6-13-9-2-3-10-11(5-9)17-7-16-10/h2-5,13H,6-7H2,1H3,(H,14,15)/b8-4-. The van der Waals surface area contributed by atoms with Crippen molar-refractivity contribution in [2.24, 2.45) is 0 Å². The van der Waals surface area contributed by atoms with E-state index in [2.05, 4.69) is 5.32 Å². The van der Waals surface area contributed by atoms with Crippen molar-refractivity contribution in [2.75, 3.05) is 18.7 Å². The minimum atomic E-state index is -0.935. The molecule has 1 heterocycles. The molecule has 0 bridgehead atoms. The molecule has 1 aromatic rings. The number of aliphatic carboxylic acids is 1. The van der Waals surface area contributed by atoms with Crippen molar-refractivity contribution in [3.05, 3.63) is 29.8 Å². The second-order valence-electron chi connectivity index (χ2n) is 3.75. The SMILES string of the molecule is C/C(=C/C(=O)O)CNc1ccc2c(c1)OCO2. The fourth-order valence-corrected chi connectivity index (χ4v) is 1.51. The molecule has 0 atom stereocenters. The number of rotatable bonds is 4. The van der Waals surface area contributed by atoms with Gasteiger partial charge in [-0.1, -0.05) is 0 Å². The first-order valence-corrected chi connectivity index (χ1v) is 5.19. The normalized spacial score (nSPS) is 13.6. The monoisotopic (exact) mass is 235 g/mol. The Morgan fingerprint density at radius 3 is 3.00 bits per heavy atom. The van der Waals surface area contributed by atoms with E-state index >= 15 is 0 Å². The summed E-state index contributed by atoms with van der Waals surface area (Å²) in [6.07, 6.45) is 1.18. The Morgan fingerprint density at radius 2 is 2.24 bits per heavy atom. The van der Waals surface area contributed by atoms with Crippen LogP contribution in [0.2, 0.25) is 0 Å². The van der Waals surface area contributed by atoms with Gasteiger partial charge in [-0.3, -0.25) is 0 Å². The summed E-state index contributed by atoms with van der Waals surface area (Å²) in [6, 6.07) is 5.51. The largest absolute Gasteiger partial charge is 0.478 e.